The van der Waals surface area contributed by atoms with Crippen molar-refractivity contribution in [1.29, 1.82) is 0 Å². The quantitative estimate of drug-likeness (QED) is 0.219. The van der Waals surface area contributed by atoms with Crippen molar-refractivity contribution in [1.82, 2.24) is 0 Å². The monoisotopic (exact) mass is 386 g/mol. The molecule has 0 aromatic rings. The van der Waals surface area contributed by atoms with Crippen molar-refractivity contribution in [3.05, 3.63) is 12.2 Å². The second-order valence-electron chi connectivity index (χ2n) is 6.23. The van der Waals surface area contributed by atoms with Gasteiger partial charge in [0.2, 0.25) is 0 Å². The summed E-state index contributed by atoms with van der Waals surface area (Å²) in [5.74, 6) is -5.86. The topological polar surface area (TPSA) is 0 Å². The Labute approximate surface area is 141 Å². The molecule has 0 N–H and O–H groups in total. The molecule has 0 heterocycles. The van der Waals surface area contributed by atoms with Crippen molar-refractivity contribution < 1.29 is 39.5 Å². The largest absolute Gasteiger partial charge is 0.395 e. The third-order valence-electron chi connectivity index (χ3n) is 4.10. The van der Waals surface area contributed by atoms with E-state index >= 15 is 0 Å². The fourth-order valence-electron chi connectivity index (χ4n) is 2.46. The van der Waals surface area contributed by atoms with Crippen LogP contribution in [0.15, 0.2) is 12.2 Å². The number of hydrogen-bond acceptors (Lipinski definition) is 0. The summed E-state index contributed by atoms with van der Waals surface area (Å²) in [6.07, 6.45) is -13.8. The summed E-state index contributed by atoms with van der Waals surface area (Å²) < 4.78 is 114. The van der Waals surface area contributed by atoms with E-state index in [-0.39, 0.29) is 25.7 Å². The molecule has 0 aliphatic heterocycles. The first-order chi connectivity index (χ1) is 11.2. The van der Waals surface area contributed by atoms with Crippen LogP contribution in [0.25, 0.3) is 0 Å². The van der Waals surface area contributed by atoms with Gasteiger partial charge in [0.05, 0.1) is 17.8 Å². The smallest absolute Gasteiger partial charge is 0.171 e. The summed E-state index contributed by atoms with van der Waals surface area (Å²) >= 11 is 0. The van der Waals surface area contributed by atoms with Gasteiger partial charge in [-0.05, 0) is 26.2 Å². The summed E-state index contributed by atoms with van der Waals surface area (Å²) in [5.41, 5.74) is 0. The van der Waals surface area contributed by atoms with E-state index in [9.17, 15) is 39.5 Å². The van der Waals surface area contributed by atoms with Crippen LogP contribution in [0.2, 0.25) is 0 Å². The average molecular weight is 386 g/mol. The maximum absolute atomic E-state index is 13.0. The molecule has 0 amide bonds. The second-order valence-corrected chi connectivity index (χ2v) is 6.23. The van der Waals surface area contributed by atoms with Crippen molar-refractivity contribution >= 4 is 0 Å². The van der Waals surface area contributed by atoms with E-state index in [0.717, 1.165) is 13.0 Å². The van der Waals surface area contributed by atoms with E-state index < -0.39 is 49.1 Å². The first-order valence-corrected chi connectivity index (χ1v) is 8.02. The first kappa shape index (κ1) is 24.1. The van der Waals surface area contributed by atoms with Crippen molar-refractivity contribution in [3.63, 3.8) is 0 Å². The van der Waals surface area contributed by atoms with Crippen LogP contribution in [0.1, 0.15) is 52.4 Å². The highest BCUT2D eigenvalue weighted by Crippen LogP contribution is 2.40. The summed E-state index contributed by atoms with van der Waals surface area (Å²) in [4.78, 5) is 0. The third kappa shape index (κ3) is 9.99. The van der Waals surface area contributed by atoms with Gasteiger partial charge in [-0.2, -0.15) is 39.5 Å². The van der Waals surface area contributed by atoms with Gasteiger partial charge in [-0.25, -0.2) is 0 Å². The number of unbranched alkanes of at least 4 members (excludes halogenated alkanes) is 2. The highest BCUT2D eigenvalue weighted by atomic mass is 19.4. The predicted molar refractivity (Wildman–Crippen MR) is 76.8 cm³/mol. The summed E-state index contributed by atoms with van der Waals surface area (Å²) in [6.45, 7) is 2.28. The predicted octanol–water partition coefficient (Wildman–Crippen LogP) is 7.46. The molecule has 0 saturated heterocycles. The molecule has 0 aromatic heterocycles. The zero-order chi connectivity index (χ0) is 19.9. The zero-order valence-corrected chi connectivity index (χ0v) is 14.0. The Kier molecular flexibility index (Phi) is 9.36. The first-order valence-electron chi connectivity index (χ1n) is 8.02. The molecule has 0 aliphatic carbocycles. The molecule has 9 heteroatoms. The molecule has 0 spiro atoms. The number of alkyl halides is 9. The molecule has 0 aromatic carbocycles. The maximum atomic E-state index is 13.0. The van der Waals surface area contributed by atoms with Crippen LogP contribution in [-0.2, 0) is 0 Å². The number of hydrogen-bond donors (Lipinski definition) is 0. The van der Waals surface area contributed by atoms with E-state index in [0.29, 0.717) is 6.08 Å². The molecule has 3 atom stereocenters. The molecule has 25 heavy (non-hydrogen) atoms. The van der Waals surface area contributed by atoms with Gasteiger partial charge < -0.3 is 0 Å². The highest BCUT2D eigenvalue weighted by molar-refractivity contribution is 4.92. The average Bonchev–Trinajstić information content (AvgIpc) is 2.40. The Morgan fingerprint density at radius 1 is 0.720 bits per heavy atom. The van der Waals surface area contributed by atoms with Gasteiger partial charge in [0.1, 0.15) is 0 Å². The summed E-state index contributed by atoms with van der Waals surface area (Å²) in [5, 5.41) is 0. The molecule has 3 unspecified atom stereocenters. The van der Waals surface area contributed by atoms with Gasteiger partial charge in [-0.1, -0.05) is 38.3 Å². The number of rotatable bonds is 9. The lowest BCUT2D eigenvalue weighted by Gasteiger charge is -2.25. The van der Waals surface area contributed by atoms with Crippen LogP contribution in [0.4, 0.5) is 39.5 Å². The lowest BCUT2D eigenvalue weighted by atomic mass is 9.88. The Balaban J connectivity index is 4.57. The van der Waals surface area contributed by atoms with Crippen molar-refractivity contribution in [3.8, 4) is 0 Å². The molecule has 0 bridgehead atoms. The molecule has 0 rings (SSSR count). The Morgan fingerprint density at radius 3 is 1.64 bits per heavy atom. The molecule has 0 fully saturated rings. The van der Waals surface area contributed by atoms with Crippen molar-refractivity contribution in [2.24, 2.45) is 17.8 Å². The molecule has 0 saturated carbocycles. The van der Waals surface area contributed by atoms with Crippen molar-refractivity contribution in [2.45, 2.75) is 70.9 Å². The van der Waals surface area contributed by atoms with E-state index in [4.69, 9.17) is 0 Å². The normalized spacial score (nSPS) is 17.7. The van der Waals surface area contributed by atoms with Crippen molar-refractivity contribution in [2.75, 3.05) is 0 Å². The summed E-state index contributed by atoms with van der Waals surface area (Å²) in [7, 11) is 0. The van der Waals surface area contributed by atoms with E-state index in [1.165, 1.54) is 6.92 Å². The second kappa shape index (κ2) is 9.71. The van der Waals surface area contributed by atoms with Gasteiger partial charge in [-0.15, -0.1) is 0 Å². The van der Waals surface area contributed by atoms with Gasteiger partial charge in [0.15, 0.2) is 0 Å². The van der Waals surface area contributed by atoms with Gasteiger partial charge in [0.25, 0.3) is 0 Å². The van der Waals surface area contributed by atoms with Crippen LogP contribution in [0.5, 0.6) is 0 Å². The van der Waals surface area contributed by atoms with Gasteiger partial charge in [-0.3, -0.25) is 0 Å². The lowest BCUT2D eigenvalue weighted by Crippen LogP contribution is -2.30. The summed E-state index contributed by atoms with van der Waals surface area (Å²) in [6, 6.07) is 0. The maximum Gasteiger partial charge on any atom is 0.395 e. The van der Waals surface area contributed by atoms with E-state index in [1.54, 1.807) is 0 Å². The molecule has 0 radical (unpaired) electrons. The van der Waals surface area contributed by atoms with Crippen LogP contribution < -0.4 is 0 Å². The van der Waals surface area contributed by atoms with Gasteiger partial charge >= 0.3 is 18.5 Å². The third-order valence-corrected chi connectivity index (χ3v) is 4.10. The Morgan fingerprint density at radius 2 is 1.24 bits per heavy atom. The fraction of sp³-hybridized carbons (Fsp3) is 0.875. The minimum Gasteiger partial charge on any atom is -0.171 e. The van der Waals surface area contributed by atoms with E-state index in [2.05, 4.69) is 0 Å². The van der Waals surface area contributed by atoms with Gasteiger partial charge in [0, 0.05) is 0 Å². The molecule has 0 aliphatic rings. The molecular weight excluding hydrogens is 363 g/mol. The Bertz CT molecular complexity index is 390. The van der Waals surface area contributed by atoms with Crippen LogP contribution in [0.3, 0.4) is 0 Å². The van der Waals surface area contributed by atoms with Crippen LogP contribution in [-0.4, -0.2) is 18.5 Å². The molecular formula is C16H23F9. The molecule has 150 valence electrons. The van der Waals surface area contributed by atoms with Crippen LogP contribution in [0, 0.1) is 17.8 Å². The Hall–Kier alpha value is -0.890. The standard InChI is InChI=1S/C16H23F9/c1-3-7-12(15(20,21)22)10-13(16(23,24)25)9-6-4-5-8-11(2)14(17,18)19/h3,7,11-13H,4-6,8-10H2,1-2H3. The minimum absolute atomic E-state index is 0.0603. The zero-order valence-electron chi connectivity index (χ0n) is 14.0. The fourth-order valence-corrected chi connectivity index (χ4v) is 2.46. The van der Waals surface area contributed by atoms with Crippen LogP contribution >= 0.6 is 0 Å². The lowest BCUT2D eigenvalue weighted by molar-refractivity contribution is -0.203. The molecule has 0 nitrogen and oxygen atoms in total. The number of allylic oxidation sites excluding steroid dienone is 2. The number of halogens is 9. The SMILES string of the molecule is CC=CC(CC(CCCCCC(C)C(F)(F)F)C(F)(F)F)C(F)(F)F. The minimum atomic E-state index is -4.77. The highest BCUT2D eigenvalue weighted by Gasteiger charge is 2.46. The van der Waals surface area contributed by atoms with E-state index in [1.807, 2.05) is 0 Å².